The molecule has 2 fully saturated rings. The molecule has 0 bridgehead atoms. The number of fused-ring (bicyclic) bond motifs is 4. The fourth-order valence-electron chi connectivity index (χ4n) is 7.31. The van der Waals surface area contributed by atoms with E-state index in [-0.39, 0.29) is 40.5 Å². The number of ether oxygens (including phenoxy) is 1. The quantitative estimate of drug-likeness (QED) is 0.306. The van der Waals surface area contributed by atoms with Gasteiger partial charge in [0.1, 0.15) is 41.3 Å². The van der Waals surface area contributed by atoms with Crippen molar-refractivity contribution in [1.82, 2.24) is 24.4 Å². The fourth-order valence-corrected chi connectivity index (χ4v) is 7.31. The number of phenols is 1. The van der Waals surface area contributed by atoms with Crippen molar-refractivity contribution in [3.63, 3.8) is 0 Å². The van der Waals surface area contributed by atoms with Crippen molar-refractivity contribution < 1.29 is 23.0 Å². The summed E-state index contributed by atoms with van der Waals surface area (Å²) in [6.07, 6.45) is 4.93. The molecule has 44 heavy (non-hydrogen) atoms. The number of anilines is 1. The largest absolute Gasteiger partial charge is 0.508 e. The number of hydrogen-bond donors (Lipinski definition) is 1. The van der Waals surface area contributed by atoms with Crippen LogP contribution in [0, 0.1) is 12.7 Å². The summed E-state index contributed by atoms with van der Waals surface area (Å²) in [6, 6.07) is 7.46. The van der Waals surface area contributed by atoms with Crippen molar-refractivity contribution in [2.24, 2.45) is 0 Å². The SMILES string of the molecule is Cc1c(-c2cc(O)cc3cccc(F)c23)oc(=O)c2c(N3CCn4ccnc4C3)nc(OC[C@@]34CCCN3C[C@H](F)C4)nc12. The van der Waals surface area contributed by atoms with Gasteiger partial charge in [-0.2, -0.15) is 9.97 Å². The first kappa shape index (κ1) is 27.0. The number of aromatic hydroxyl groups is 1. The lowest BCUT2D eigenvalue weighted by molar-refractivity contribution is 0.107. The zero-order chi connectivity index (χ0) is 30.2. The van der Waals surface area contributed by atoms with E-state index in [2.05, 4.69) is 9.88 Å². The van der Waals surface area contributed by atoms with Gasteiger partial charge in [0.25, 0.3) is 0 Å². The lowest BCUT2D eigenvalue weighted by atomic mass is 9.95. The minimum atomic E-state index is -0.906. The topological polar surface area (TPSA) is 110 Å². The van der Waals surface area contributed by atoms with Crippen LogP contribution in [0.25, 0.3) is 33.0 Å². The molecule has 0 unspecified atom stereocenters. The first-order valence-corrected chi connectivity index (χ1v) is 14.8. The van der Waals surface area contributed by atoms with Crippen LogP contribution in [0.5, 0.6) is 11.8 Å². The number of aryl methyl sites for hydroxylation is 1. The van der Waals surface area contributed by atoms with Crippen LogP contribution in [-0.4, -0.2) is 67.5 Å². The molecular formula is C32H30F2N6O4. The molecular weight excluding hydrogens is 570 g/mol. The molecule has 226 valence electrons. The maximum atomic E-state index is 15.2. The van der Waals surface area contributed by atoms with E-state index in [4.69, 9.17) is 19.1 Å². The van der Waals surface area contributed by atoms with E-state index >= 15 is 4.39 Å². The third kappa shape index (κ3) is 4.22. The van der Waals surface area contributed by atoms with Gasteiger partial charge < -0.3 is 23.7 Å². The van der Waals surface area contributed by atoms with Crippen LogP contribution in [0.2, 0.25) is 0 Å². The number of aromatic nitrogens is 4. The van der Waals surface area contributed by atoms with Gasteiger partial charge in [-0.05, 0) is 49.9 Å². The average Bonchev–Trinajstić information content (AvgIpc) is 3.71. The minimum absolute atomic E-state index is 0.0662. The van der Waals surface area contributed by atoms with Crippen LogP contribution in [-0.2, 0) is 13.1 Å². The number of alkyl halides is 1. The third-order valence-electron chi connectivity index (χ3n) is 9.39. The molecule has 2 aromatic carbocycles. The molecule has 1 N–H and O–H groups in total. The Kier molecular flexibility index (Phi) is 6.12. The first-order valence-electron chi connectivity index (χ1n) is 14.8. The number of benzene rings is 2. The Hall–Kier alpha value is -4.58. The number of imidazole rings is 1. The van der Waals surface area contributed by atoms with E-state index in [1.807, 2.05) is 15.7 Å². The summed E-state index contributed by atoms with van der Waals surface area (Å²) in [6.45, 7) is 4.78. The van der Waals surface area contributed by atoms with E-state index in [0.29, 0.717) is 54.9 Å². The predicted octanol–water partition coefficient (Wildman–Crippen LogP) is 4.73. The van der Waals surface area contributed by atoms with Gasteiger partial charge in [0.05, 0.1) is 17.6 Å². The number of nitrogens with zero attached hydrogens (tertiary/aromatic N) is 6. The summed E-state index contributed by atoms with van der Waals surface area (Å²) in [5.41, 5.74) is -0.110. The highest BCUT2D eigenvalue weighted by Gasteiger charge is 2.49. The average molecular weight is 601 g/mol. The molecule has 0 spiro atoms. The molecule has 3 aliphatic heterocycles. The molecule has 0 radical (unpaired) electrons. The molecule has 12 heteroatoms. The van der Waals surface area contributed by atoms with Crippen LogP contribution in [0.3, 0.4) is 0 Å². The van der Waals surface area contributed by atoms with Crippen LogP contribution < -0.4 is 15.3 Å². The van der Waals surface area contributed by atoms with Crippen molar-refractivity contribution in [2.45, 2.75) is 51.0 Å². The predicted molar refractivity (Wildman–Crippen MR) is 159 cm³/mol. The van der Waals surface area contributed by atoms with Gasteiger partial charge in [0.2, 0.25) is 0 Å². The first-order chi connectivity index (χ1) is 21.3. The minimum Gasteiger partial charge on any atom is -0.508 e. The van der Waals surface area contributed by atoms with Crippen LogP contribution >= 0.6 is 0 Å². The lowest BCUT2D eigenvalue weighted by Crippen LogP contribution is -2.43. The van der Waals surface area contributed by atoms with E-state index in [1.165, 1.54) is 18.2 Å². The number of rotatable bonds is 5. The van der Waals surface area contributed by atoms with E-state index in [9.17, 15) is 14.3 Å². The molecule has 0 aliphatic carbocycles. The zero-order valence-electron chi connectivity index (χ0n) is 24.1. The summed E-state index contributed by atoms with van der Waals surface area (Å²) < 4.78 is 43.9. The number of phenolic OH excluding ortho intramolecular Hbond substituents is 1. The van der Waals surface area contributed by atoms with E-state index in [1.54, 1.807) is 25.3 Å². The molecule has 8 rings (SSSR count). The number of halogens is 2. The molecule has 0 amide bonds. The number of hydrogen-bond acceptors (Lipinski definition) is 9. The van der Waals surface area contributed by atoms with Gasteiger partial charge in [-0.1, -0.05) is 12.1 Å². The van der Waals surface area contributed by atoms with Gasteiger partial charge in [-0.25, -0.2) is 18.6 Å². The normalized spacial score (nSPS) is 21.7. The highest BCUT2D eigenvalue weighted by Crippen LogP contribution is 2.41. The molecule has 10 nitrogen and oxygen atoms in total. The van der Waals surface area contributed by atoms with Crippen LogP contribution in [0.15, 0.2) is 51.9 Å². The van der Waals surface area contributed by atoms with Gasteiger partial charge in [-0.15, -0.1) is 0 Å². The smallest absolute Gasteiger partial charge is 0.349 e. The van der Waals surface area contributed by atoms with Crippen molar-refractivity contribution in [2.75, 3.05) is 31.1 Å². The summed E-state index contributed by atoms with van der Waals surface area (Å²) in [4.78, 5) is 31.8. The Morgan fingerprint density at radius 2 is 2.07 bits per heavy atom. The second kappa shape index (κ2) is 9.98. The Labute approximate surface area is 250 Å². The second-order valence-electron chi connectivity index (χ2n) is 12.1. The van der Waals surface area contributed by atoms with Crippen molar-refractivity contribution in [3.8, 4) is 23.1 Å². The van der Waals surface area contributed by atoms with Gasteiger partial charge in [-0.3, -0.25) is 4.90 Å². The Morgan fingerprint density at radius 3 is 2.95 bits per heavy atom. The standard InChI is InChI=1S/C32H30F2N6O4/c1-18-27-26(30(42)44-28(18)22-13-21(41)12-19-4-2-5-23(34)25(19)22)29(39-11-10-38-9-7-35-24(38)16-39)37-31(36-27)43-17-32-6-3-8-40(32)15-20(33)14-32/h2,4-5,7,9,12-13,20,41H,3,6,8,10-11,14-17H2,1H3/t20-,32+/m1/s1. The van der Waals surface area contributed by atoms with Crippen LogP contribution in [0.4, 0.5) is 14.6 Å². The van der Waals surface area contributed by atoms with Crippen LogP contribution in [0.1, 0.15) is 30.7 Å². The van der Waals surface area contributed by atoms with Gasteiger partial charge >= 0.3 is 11.6 Å². The molecule has 2 saturated heterocycles. The van der Waals surface area contributed by atoms with Crippen molar-refractivity contribution in [3.05, 3.63) is 70.4 Å². The van der Waals surface area contributed by atoms with Gasteiger partial charge in [0.15, 0.2) is 5.82 Å². The summed E-state index contributed by atoms with van der Waals surface area (Å²) in [5.74, 6) is 0.656. The Morgan fingerprint density at radius 1 is 1.18 bits per heavy atom. The monoisotopic (exact) mass is 600 g/mol. The molecule has 0 saturated carbocycles. The Bertz CT molecular complexity index is 2010. The van der Waals surface area contributed by atoms with E-state index in [0.717, 1.165) is 25.2 Å². The summed E-state index contributed by atoms with van der Waals surface area (Å²) >= 11 is 0. The van der Waals surface area contributed by atoms with E-state index < -0.39 is 23.2 Å². The lowest BCUT2D eigenvalue weighted by Gasteiger charge is -2.31. The van der Waals surface area contributed by atoms with Gasteiger partial charge in [0, 0.05) is 55.0 Å². The second-order valence-corrected chi connectivity index (χ2v) is 12.1. The summed E-state index contributed by atoms with van der Waals surface area (Å²) in [5, 5.41) is 11.3. The summed E-state index contributed by atoms with van der Waals surface area (Å²) in [7, 11) is 0. The highest BCUT2D eigenvalue weighted by molar-refractivity contribution is 6.00. The third-order valence-corrected chi connectivity index (χ3v) is 9.39. The highest BCUT2D eigenvalue weighted by atomic mass is 19.1. The molecule has 6 heterocycles. The molecule has 5 aromatic rings. The zero-order valence-corrected chi connectivity index (χ0v) is 24.1. The van der Waals surface area contributed by atoms with Crippen molar-refractivity contribution >= 4 is 27.5 Å². The molecule has 3 aromatic heterocycles. The molecule has 2 atom stereocenters. The molecule has 3 aliphatic rings. The maximum absolute atomic E-state index is 15.2. The fraction of sp³-hybridized carbons (Fsp3) is 0.375. The Balaban J connectivity index is 1.30. The maximum Gasteiger partial charge on any atom is 0.349 e. The van der Waals surface area contributed by atoms with Crippen molar-refractivity contribution in [1.29, 1.82) is 0 Å².